The van der Waals surface area contributed by atoms with Gasteiger partial charge in [0, 0.05) is 55.5 Å². The number of piperazine rings is 1. The van der Waals surface area contributed by atoms with Gasteiger partial charge in [0.25, 0.3) is 0 Å². The fraction of sp³-hybridized carbons (Fsp3) is 0.818. The Labute approximate surface area is 114 Å². The van der Waals surface area contributed by atoms with Crippen molar-refractivity contribution in [2.75, 3.05) is 43.0 Å². The van der Waals surface area contributed by atoms with Crippen LogP contribution < -0.4 is 4.90 Å². The first kappa shape index (κ1) is 11.9. The summed E-state index contributed by atoms with van der Waals surface area (Å²) in [6, 6.07) is 0. The Kier molecular flexibility index (Phi) is 3.63. The van der Waals surface area contributed by atoms with Gasteiger partial charge in [0.05, 0.1) is 0 Å². The molecule has 1 aromatic rings. The summed E-state index contributed by atoms with van der Waals surface area (Å²) in [5.41, 5.74) is 0. The van der Waals surface area contributed by atoms with Gasteiger partial charge < -0.3 is 4.90 Å². The number of anilines is 1. The van der Waals surface area contributed by atoms with Crippen molar-refractivity contribution in [1.29, 1.82) is 0 Å². The van der Waals surface area contributed by atoms with Crippen LogP contribution in [0.25, 0.3) is 0 Å². The van der Waals surface area contributed by atoms with Crippen LogP contribution in [0.2, 0.25) is 0 Å². The summed E-state index contributed by atoms with van der Waals surface area (Å²) in [6.45, 7) is 5.61. The zero-order chi connectivity index (χ0) is 11.7. The predicted octanol–water partition coefficient (Wildman–Crippen LogP) is 1.93. The molecular formula is C11H17BrN4S. The van der Waals surface area contributed by atoms with Crippen LogP contribution in [0.3, 0.4) is 0 Å². The topological polar surface area (TPSA) is 32.3 Å². The molecule has 1 saturated carbocycles. The summed E-state index contributed by atoms with van der Waals surface area (Å²) in [4.78, 5) is 9.55. The van der Waals surface area contributed by atoms with E-state index in [4.69, 9.17) is 0 Å². The smallest absolute Gasteiger partial charge is 0.205 e. The van der Waals surface area contributed by atoms with E-state index in [9.17, 15) is 0 Å². The molecule has 0 radical (unpaired) electrons. The zero-order valence-electron chi connectivity index (χ0n) is 9.81. The minimum absolute atomic E-state index is 0.676. The number of aromatic nitrogens is 2. The van der Waals surface area contributed by atoms with Gasteiger partial charge in [0.1, 0.15) is 5.82 Å². The van der Waals surface area contributed by atoms with Crippen LogP contribution in [0, 0.1) is 0 Å². The van der Waals surface area contributed by atoms with Gasteiger partial charge in [-0.05, 0) is 12.8 Å². The van der Waals surface area contributed by atoms with Crippen molar-refractivity contribution in [2.45, 2.75) is 18.8 Å². The lowest BCUT2D eigenvalue weighted by Gasteiger charge is -2.33. The van der Waals surface area contributed by atoms with Gasteiger partial charge >= 0.3 is 0 Å². The minimum Gasteiger partial charge on any atom is -0.344 e. The van der Waals surface area contributed by atoms with Crippen molar-refractivity contribution in [2.24, 2.45) is 0 Å². The lowest BCUT2D eigenvalue weighted by molar-refractivity contribution is 0.274. The molecule has 6 heteroatoms. The second kappa shape index (κ2) is 5.20. The predicted molar refractivity (Wildman–Crippen MR) is 74.3 cm³/mol. The molecule has 2 aliphatic rings. The maximum Gasteiger partial charge on any atom is 0.205 e. The number of nitrogens with zero attached hydrogens (tertiary/aromatic N) is 4. The fourth-order valence-electron chi connectivity index (χ4n) is 2.14. The summed E-state index contributed by atoms with van der Waals surface area (Å²) < 4.78 is 4.48. The Hall–Kier alpha value is -0.200. The first-order chi connectivity index (χ1) is 8.36. The monoisotopic (exact) mass is 316 g/mol. The van der Waals surface area contributed by atoms with Crippen LogP contribution in [0.4, 0.5) is 5.13 Å². The van der Waals surface area contributed by atoms with Gasteiger partial charge in [0.2, 0.25) is 5.13 Å². The molecule has 17 heavy (non-hydrogen) atoms. The number of rotatable bonds is 4. The average molecular weight is 317 g/mol. The largest absolute Gasteiger partial charge is 0.344 e. The van der Waals surface area contributed by atoms with E-state index in [0.29, 0.717) is 5.92 Å². The van der Waals surface area contributed by atoms with Gasteiger partial charge in [-0.3, -0.25) is 4.90 Å². The van der Waals surface area contributed by atoms with Gasteiger partial charge in [-0.1, -0.05) is 15.9 Å². The molecule has 0 aromatic carbocycles. The van der Waals surface area contributed by atoms with Crippen molar-refractivity contribution >= 4 is 32.6 Å². The molecule has 94 valence electrons. The Morgan fingerprint density at radius 2 is 2.00 bits per heavy atom. The molecule has 2 heterocycles. The van der Waals surface area contributed by atoms with Crippen molar-refractivity contribution in [1.82, 2.24) is 14.3 Å². The van der Waals surface area contributed by atoms with Crippen molar-refractivity contribution in [3.63, 3.8) is 0 Å². The molecule has 0 unspecified atom stereocenters. The van der Waals surface area contributed by atoms with Crippen molar-refractivity contribution in [3.8, 4) is 0 Å². The van der Waals surface area contributed by atoms with E-state index in [0.717, 1.165) is 49.0 Å². The third kappa shape index (κ3) is 2.80. The standard InChI is InChI=1S/C11H17BrN4S/c12-3-4-15-5-7-16(8-6-15)11-13-10(14-17-11)9-1-2-9/h9H,1-8H2. The number of alkyl halides is 1. The summed E-state index contributed by atoms with van der Waals surface area (Å²) in [7, 11) is 0. The second-order valence-corrected chi connectivity index (χ2v) is 6.25. The van der Waals surface area contributed by atoms with E-state index in [1.165, 1.54) is 12.8 Å². The normalized spacial score (nSPS) is 22.1. The van der Waals surface area contributed by atoms with E-state index in [-0.39, 0.29) is 0 Å². The zero-order valence-corrected chi connectivity index (χ0v) is 12.2. The number of hydrogen-bond acceptors (Lipinski definition) is 5. The molecule has 3 rings (SSSR count). The lowest BCUT2D eigenvalue weighted by Crippen LogP contribution is -2.46. The summed E-state index contributed by atoms with van der Waals surface area (Å²) in [5, 5.41) is 2.20. The Morgan fingerprint density at radius 3 is 2.65 bits per heavy atom. The quantitative estimate of drug-likeness (QED) is 0.795. The second-order valence-electron chi connectivity index (χ2n) is 4.73. The third-order valence-electron chi connectivity index (χ3n) is 3.42. The highest BCUT2D eigenvalue weighted by Crippen LogP contribution is 2.39. The Morgan fingerprint density at radius 1 is 1.24 bits per heavy atom. The van der Waals surface area contributed by atoms with E-state index in [2.05, 4.69) is 35.1 Å². The maximum atomic E-state index is 4.67. The molecule has 0 amide bonds. The van der Waals surface area contributed by atoms with Crippen LogP contribution in [0.15, 0.2) is 0 Å². The molecule has 0 bridgehead atoms. The summed E-state index contributed by atoms with van der Waals surface area (Å²) >= 11 is 5.07. The molecule has 0 atom stereocenters. The highest BCUT2D eigenvalue weighted by Gasteiger charge is 2.29. The van der Waals surface area contributed by atoms with Crippen LogP contribution >= 0.6 is 27.5 Å². The van der Waals surface area contributed by atoms with Gasteiger partial charge in [-0.2, -0.15) is 4.37 Å². The highest BCUT2D eigenvalue weighted by molar-refractivity contribution is 9.09. The first-order valence-electron chi connectivity index (χ1n) is 6.23. The number of halogens is 1. The molecule has 1 saturated heterocycles. The summed E-state index contributed by atoms with van der Waals surface area (Å²) in [5.74, 6) is 1.77. The van der Waals surface area contributed by atoms with Gasteiger partial charge in [-0.25, -0.2) is 4.98 Å². The van der Waals surface area contributed by atoms with Crippen molar-refractivity contribution < 1.29 is 0 Å². The van der Waals surface area contributed by atoms with Gasteiger partial charge in [-0.15, -0.1) is 0 Å². The third-order valence-corrected chi connectivity index (χ3v) is 4.56. The first-order valence-corrected chi connectivity index (χ1v) is 8.13. The maximum absolute atomic E-state index is 4.67. The molecule has 1 aromatic heterocycles. The van der Waals surface area contributed by atoms with Crippen LogP contribution in [0.1, 0.15) is 24.6 Å². The van der Waals surface area contributed by atoms with E-state index in [1.807, 2.05) is 0 Å². The van der Waals surface area contributed by atoms with E-state index < -0.39 is 0 Å². The molecule has 0 N–H and O–H groups in total. The molecule has 1 aliphatic heterocycles. The average Bonchev–Trinajstić information content (AvgIpc) is 3.09. The number of hydrogen-bond donors (Lipinski definition) is 0. The van der Waals surface area contributed by atoms with Crippen LogP contribution in [-0.4, -0.2) is 52.3 Å². The molecular weight excluding hydrogens is 300 g/mol. The lowest BCUT2D eigenvalue weighted by atomic mass is 10.3. The molecule has 0 spiro atoms. The fourth-order valence-corrected chi connectivity index (χ4v) is 3.44. The van der Waals surface area contributed by atoms with Crippen LogP contribution in [-0.2, 0) is 0 Å². The van der Waals surface area contributed by atoms with Crippen molar-refractivity contribution in [3.05, 3.63) is 5.82 Å². The minimum atomic E-state index is 0.676. The molecule has 1 aliphatic carbocycles. The molecule has 2 fully saturated rings. The Bertz CT molecular complexity index is 371. The van der Waals surface area contributed by atoms with Gasteiger partial charge in [0.15, 0.2) is 0 Å². The highest BCUT2D eigenvalue weighted by atomic mass is 79.9. The molecule has 4 nitrogen and oxygen atoms in total. The van der Waals surface area contributed by atoms with E-state index >= 15 is 0 Å². The van der Waals surface area contributed by atoms with Crippen LogP contribution in [0.5, 0.6) is 0 Å². The SMILES string of the molecule is BrCCN1CCN(c2nc(C3CC3)ns2)CC1. The Balaban J connectivity index is 1.57. The van der Waals surface area contributed by atoms with E-state index in [1.54, 1.807) is 11.5 Å². The summed E-state index contributed by atoms with van der Waals surface area (Å²) in [6.07, 6.45) is 2.57.